The van der Waals surface area contributed by atoms with Gasteiger partial charge in [0.25, 0.3) is 0 Å². The molecule has 0 radical (unpaired) electrons. The second-order valence-electron chi connectivity index (χ2n) is 6.67. The van der Waals surface area contributed by atoms with Crippen LogP contribution in [0.2, 0.25) is 0 Å². The summed E-state index contributed by atoms with van der Waals surface area (Å²) in [5.41, 5.74) is 2.34. The minimum Gasteiger partial charge on any atom is -0.353 e. The SMILES string of the molecule is Cc1ccc(C(=O)CCC(=O)N2CCN(c3cc(C#N)ccn3)CC2)cc1. The predicted octanol–water partition coefficient (Wildman–Crippen LogP) is 2.57. The monoisotopic (exact) mass is 362 g/mol. The zero-order chi connectivity index (χ0) is 19.2. The number of aromatic nitrogens is 1. The van der Waals surface area contributed by atoms with E-state index < -0.39 is 0 Å². The van der Waals surface area contributed by atoms with Gasteiger partial charge in [0.2, 0.25) is 5.91 Å². The van der Waals surface area contributed by atoms with Crippen LogP contribution in [-0.4, -0.2) is 47.8 Å². The number of aryl methyl sites for hydroxylation is 1. The zero-order valence-electron chi connectivity index (χ0n) is 15.4. The number of amides is 1. The van der Waals surface area contributed by atoms with Gasteiger partial charge in [-0.25, -0.2) is 4.98 Å². The molecule has 0 unspecified atom stereocenters. The van der Waals surface area contributed by atoms with Gasteiger partial charge in [-0.05, 0) is 19.1 Å². The fourth-order valence-corrected chi connectivity index (χ4v) is 3.11. The highest BCUT2D eigenvalue weighted by Crippen LogP contribution is 2.16. The first-order valence-electron chi connectivity index (χ1n) is 9.05. The van der Waals surface area contributed by atoms with E-state index in [2.05, 4.69) is 16.0 Å². The number of nitrogens with zero attached hydrogens (tertiary/aromatic N) is 4. The van der Waals surface area contributed by atoms with Gasteiger partial charge >= 0.3 is 0 Å². The number of rotatable bonds is 5. The Hall–Kier alpha value is -3.20. The third kappa shape index (κ3) is 4.70. The average molecular weight is 362 g/mol. The highest BCUT2D eigenvalue weighted by molar-refractivity contribution is 5.98. The minimum absolute atomic E-state index is 0.000459. The fourth-order valence-electron chi connectivity index (χ4n) is 3.11. The van der Waals surface area contributed by atoms with Gasteiger partial charge in [0.05, 0.1) is 11.6 Å². The maximum absolute atomic E-state index is 12.4. The van der Waals surface area contributed by atoms with Crippen molar-refractivity contribution >= 4 is 17.5 Å². The third-order valence-electron chi connectivity index (χ3n) is 4.77. The molecule has 1 fully saturated rings. The Morgan fingerprint density at radius 1 is 1.07 bits per heavy atom. The number of carbonyl (C=O) groups is 2. The van der Waals surface area contributed by atoms with E-state index in [1.54, 1.807) is 23.2 Å². The number of benzene rings is 1. The normalized spacial score (nSPS) is 13.9. The molecule has 1 aromatic heterocycles. The maximum Gasteiger partial charge on any atom is 0.223 e. The second-order valence-corrected chi connectivity index (χ2v) is 6.67. The molecule has 1 amide bonds. The highest BCUT2D eigenvalue weighted by atomic mass is 16.2. The molecule has 0 spiro atoms. The van der Waals surface area contributed by atoms with Crippen LogP contribution in [0.3, 0.4) is 0 Å². The van der Waals surface area contributed by atoms with Gasteiger partial charge < -0.3 is 9.80 Å². The molecular weight excluding hydrogens is 340 g/mol. The van der Waals surface area contributed by atoms with E-state index >= 15 is 0 Å². The summed E-state index contributed by atoms with van der Waals surface area (Å²) in [6.07, 6.45) is 2.09. The number of pyridine rings is 1. The third-order valence-corrected chi connectivity index (χ3v) is 4.77. The molecule has 1 saturated heterocycles. The van der Waals surface area contributed by atoms with Crippen LogP contribution in [0.1, 0.15) is 34.3 Å². The fraction of sp³-hybridized carbons (Fsp3) is 0.333. The molecule has 2 heterocycles. The van der Waals surface area contributed by atoms with Crippen molar-refractivity contribution in [2.45, 2.75) is 19.8 Å². The summed E-state index contributed by atoms with van der Waals surface area (Å²) in [5.74, 6) is 0.768. The number of Topliss-reactive ketones (excluding diaryl/α,β-unsaturated/α-hetero) is 1. The van der Waals surface area contributed by atoms with Crippen LogP contribution >= 0.6 is 0 Å². The summed E-state index contributed by atoms with van der Waals surface area (Å²) in [7, 11) is 0. The van der Waals surface area contributed by atoms with Gasteiger partial charge in [-0.1, -0.05) is 29.8 Å². The van der Waals surface area contributed by atoms with Crippen molar-refractivity contribution in [2.24, 2.45) is 0 Å². The first-order chi connectivity index (χ1) is 13.1. The Morgan fingerprint density at radius 2 is 1.78 bits per heavy atom. The lowest BCUT2D eigenvalue weighted by Crippen LogP contribution is -2.49. The molecule has 1 aliphatic heterocycles. The van der Waals surface area contributed by atoms with E-state index in [0.717, 1.165) is 11.4 Å². The number of piperazine rings is 1. The Kier molecular flexibility index (Phi) is 5.82. The van der Waals surface area contributed by atoms with Gasteiger partial charge in [-0.3, -0.25) is 9.59 Å². The molecule has 1 aliphatic rings. The van der Waals surface area contributed by atoms with E-state index in [-0.39, 0.29) is 24.5 Å². The van der Waals surface area contributed by atoms with Crippen molar-refractivity contribution in [3.05, 3.63) is 59.3 Å². The summed E-state index contributed by atoms with van der Waals surface area (Å²) in [6, 6.07) is 13.0. The van der Waals surface area contributed by atoms with E-state index in [9.17, 15) is 9.59 Å². The van der Waals surface area contributed by atoms with Crippen molar-refractivity contribution in [3.63, 3.8) is 0 Å². The average Bonchev–Trinajstić information content (AvgIpc) is 2.72. The summed E-state index contributed by atoms with van der Waals surface area (Å²) in [4.78, 5) is 32.8. The lowest BCUT2D eigenvalue weighted by Gasteiger charge is -2.35. The van der Waals surface area contributed by atoms with Crippen LogP contribution in [-0.2, 0) is 4.79 Å². The number of carbonyl (C=O) groups excluding carboxylic acids is 2. The molecule has 3 rings (SSSR count). The highest BCUT2D eigenvalue weighted by Gasteiger charge is 2.22. The molecule has 6 heteroatoms. The Balaban J connectivity index is 1.49. The standard InChI is InChI=1S/C21H22N4O2/c1-16-2-4-18(5-3-16)19(26)6-7-21(27)25-12-10-24(11-13-25)20-14-17(15-22)8-9-23-20/h2-5,8-9,14H,6-7,10-13H2,1H3. The van der Waals surface area contributed by atoms with E-state index in [1.165, 1.54) is 0 Å². The summed E-state index contributed by atoms with van der Waals surface area (Å²) >= 11 is 0. The van der Waals surface area contributed by atoms with E-state index in [4.69, 9.17) is 5.26 Å². The molecular formula is C21H22N4O2. The molecule has 0 bridgehead atoms. The molecule has 1 aromatic carbocycles. The van der Waals surface area contributed by atoms with Crippen LogP contribution in [0.4, 0.5) is 5.82 Å². The maximum atomic E-state index is 12.4. The van der Waals surface area contributed by atoms with Gasteiger partial charge in [0.15, 0.2) is 5.78 Å². The molecule has 0 N–H and O–H groups in total. The lowest BCUT2D eigenvalue weighted by molar-refractivity contribution is -0.131. The summed E-state index contributed by atoms with van der Waals surface area (Å²) in [5, 5.41) is 9.00. The second kappa shape index (κ2) is 8.45. The molecule has 0 aliphatic carbocycles. The van der Waals surface area contributed by atoms with Crippen molar-refractivity contribution in [2.75, 3.05) is 31.1 Å². The molecule has 6 nitrogen and oxygen atoms in total. The molecule has 0 atom stereocenters. The largest absolute Gasteiger partial charge is 0.353 e. The van der Waals surface area contributed by atoms with Gasteiger partial charge in [0.1, 0.15) is 5.82 Å². The smallest absolute Gasteiger partial charge is 0.223 e. The van der Waals surface area contributed by atoms with Crippen molar-refractivity contribution in [1.29, 1.82) is 5.26 Å². The zero-order valence-corrected chi connectivity index (χ0v) is 15.4. The first-order valence-corrected chi connectivity index (χ1v) is 9.05. The summed E-state index contributed by atoms with van der Waals surface area (Å²) < 4.78 is 0. The Labute approximate surface area is 159 Å². The number of hydrogen-bond acceptors (Lipinski definition) is 5. The van der Waals surface area contributed by atoms with Crippen LogP contribution in [0.5, 0.6) is 0 Å². The number of nitriles is 1. The van der Waals surface area contributed by atoms with E-state index in [1.807, 2.05) is 31.2 Å². The Bertz CT molecular complexity index is 862. The van der Waals surface area contributed by atoms with Gasteiger partial charge in [-0.15, -0.1) is 0 Å². The Morgan fingerprint density at radius 3 is 2.44 bits per heavy atom. The quantitative estimate of drug-likeness (QED) is 0.764. The number of anilines is 1. The van der Waals surface area contributed by atoms with Crippen LogP contribution in [0, 0.1) is 18.3 Å². The minimum atomic E-state index is -0.000459. The van der Waals surface area contributed by atoms with Crippen molar-refractivity contribution in [3.8, 4) is 6.07 Å². The van der Waals surface area contributed by atoms with Crippen LogP contribution in [0.25, 0.3) is 0 Å². The van der Waals surface area contributed by atoms with Gasteiger partial charge in [0, 0.05) is 50.8 Å². The summed E-state index contributed by atoms with van der Waals surface area (Å²) in [6.45, 7) is 4.49. The first kappa shape index (κ1) is 18.6. The molecule has 27 heavy (non-hydrogen) atoms. The van der Waals surface area contributed by atoms with Crippen LogP contribution in [0.15, 0.2) is 42.6 Å². The van der Waals surface area contributed by atoms with Crippen molar-refractivity contribution < 1.29 is 9.59 Å². The topological polar surface area (TPSA) is 77.3 Å². The van der Waals surface area contributed by atoms with Crippen molar-refractivity contribution in [1.82, 2.24) is 9.88 Å². The lowest BCUT2D eigenvalue weighted by atomic mass is 10.0. The van der Waals surface area contributed by atoms with Gasteiger partial charge in [-0.2, -0.15) is 5.26 Å². The molecule has 2 aromatic rings. The number of hydrogen-bond donors (Lipinski definition) is 0. The van der Waals surface area contributed by atoms with E-state index in [0.29, 0.717) is 37.3 Å². The number of ketones is 1. The predicted molar refractivity (Wildman–Crippen MR) is 102 cm³/mol. The van der Waals surface area contributed by atoms with Crippen LogP contribution < -0.4 is 4.90 Å². The molecule has 138 valence electrons. The molecule has 0 saturated carbocycles.